The molecule has 0 aliphatic heterocycles. The van der Waals surface area contributed by atoms with Gasteiger partial charge < -0.3 is 9.73 Å². The molecule has 0 spiro atoms. The van der Waals surface area contributed by atoms with Gasteiger partial charge in [-0.3, -0.25) is 4.79 Å². The molecule has 0 bridgehead atoms. The fourth-order valence-electron chi connectivity index (χ4n) is 2.72. The Kier molecular flexibility index (Phi) is 5.01. The highest BCUT2D eigenvalue weighted by Gasteiger charge is 2.12. The third kappa shape index (κ3) is 3.91. The van der Waals surface area contributed by atoms with Crippen molar-refractivity contribution in [2.45, 2.75) is 6.92 Å². The van der Waals surface area contributed by atoms with Gasteiger partial charge in [-0.2, -0.15) is 0 Å². The Hall–Kier alpha value is -2.19. The van der Waals surface area contributed by atoms with Gasteiger partial charge in [0.2, 0.25) is 5.89 Å². The Bertz CT molecular complexity index is 1150. The number of nitrogens with one attached hydrogen (secondary N) is 1. The lowest BCUT2D eigenvalue weighted by atomic mass is 10.2. The minimum atomic E-state index is -0.162. The van der Waals surface area contributed by atoms with E-state index in [1.807, 2.05) is 67.6 Å². The van der Waals surface area contributed by atoms with Crippen LogP contribution in [-0.4, -0.2) is 10.9 Å². The molecule has 1 aromatic heterocycles. The number of benzene rings is 3. The zero-order chi connectivity index (χ0) is 19.0. The lowest BCUT2D eigenvalue weighted by Crippen LogP contribution is -2.12. The van der Waals surface area contributed by atoms with E-state index in [4.69, 9.17) is 4.42 Å². The average molecular weight is 533 g/mol. The summed E-state index contributed by atoms with van der Waals surface area (Å²) in [5.41, 5.74) is 4.89. The van der Waals surface area contributed by atoms with Crippen molar-refractivity contribution in [1.82, 2.24) is 4.98 Å². The van der Waals surface area contributed by atoms with Gasteiger partial charge in [-0.25, -0.2) is 4.98 Å². The monoisotopic (exact) mass is 532 g/mol. The number of rotatable bonds is 3. The van der Waals surface area contributed by atoms with Crippen LogP contribution in [0.4, 0.5) is 5.69 Å². The molecule has 0 atom stereocenters. The Balaban J connectivity index is 1.56. The smallest absolute Gasteiger partial charge is 0.256 e. The fraction of sp³-hybridized carbons (Fsp3) is 0.0476. The summed E-state index contributed by atoms with van der Waals surface area (Å²) < 4.78 is 7.61. The number of carbonyl (C=O) groups excluding carboxylic acids is 1. The average Bonchev–Trinajstić information content (AvgIpc) is 3.07. The number of halogens is 2. The Morgan fingerprint density at radius 2 is 1.85 bits per heavy atom. The molecule has 0 saturated heterocycles. The summed E-state index contributed by atoms with van der Waals surface area (Å²) >= 11 is 5.61. The van der Waals surface area contributed by atoms with Crippen molar-refractivity contribution in [1.29, 1.82) is 0 Å². The molecule has 4 nitrogen and oxygen atoms in total. The molecule has 0 radical (unpaired) electrons. The number of carbonyl (C=O) groups is 1. The van der Waals surface area contributed by atoms with E-state index in [9.17, 15) is 4.79 Å². The normalized spacial score (nSPS) is 10.9. The van der Waals surface area contributed by atoms with E-state index in [1.54, 1.807) is 0 Å². The van der Waals surface area contributed by atoms with Crippen molar-refractivity contribution in [2.75, 3.05) is 5.32 Å². The molecule has 6 heteroatoms. The molecule has 0 unspecified atom stereocenters. The summed E-state index contributed by atoms with van der Waals surface area (Å²) in [5, 5.41) is 2.92. The minimum Gasteiger partial charge on any atom is -0.436 e. The Morgan fingerprint density at radius 1 is 1.07 bits per heavy atom. The van der Waals surface area contributed by atoms with Gasteiger partial charge in [-0.05, 0) is 106 Å². The fourth-order valence-corrected chi connectivity index (χ4v) is 3.64. The Morgan fingerprint density at radius 3 is 2.63 bits per heavy atom. The van der Waals surface area contributed by atoms with E-state index in [0.29, 0.717) is 17.1 Å². The molecular weight excluding hydrogens is 519 g/mol. The van der Waals surface area contributed by atoms with Crippen LogP contribution < -0.4 is 5.32 Å². The number of hydrogen-bond acceptors (Lipinski definition) is 3. The van der Waals surface area contributed by atoms with Crippen molar-refractivity contribution in [2.24, 2.45) is 0 Å². The largest absolute Gasteiger partial charge is 0.436 e. The van der Waals surface area contributed by atoms with Gasteiger partial charge in [0.1, 0.15) is 5.52 Å². The summed E-state index contributed by atoms with van der Waals surface area (Å²) in [6.45, 7) is 2.02. The first-order valence-electron chi connectivity index (χ1n) is 8.23. The van der Waals surface area contributed by atoms with Crippen LogP contribution in [0.15, 0.2) is 69.6 Å². The van der Waals surface area contributed by atoms with Crippen LogP contribution in [-0.2, 0) is 0 Å². The summed E-state index contributed by atoms with van der Waals surface area (Å²) in [7, 11) is 0. The van der Waals surface area contributed by atoms with Crippen LogP contribution in [0.5, 0.6) is 0 Å². The predicted molar refractivity (Wildman–Crippen MR) is 119 cm³/mol. The van der Waals surface area contributed by atoms with Gasteiger partial charge in [0.05, 0.1) is 5.56 Å². The van der Waals surface area contributed by atoms with E-state index < -0.39 is 0 Å². The van der Waals surface area contributed by atoms with Gasteiger partial charge in [0, 0.05) is 19.3 Å². The molecule has 27 heavy (non-hydrogen) atoms. The van der Waals surface area contributed by atoms with Crippen LogP contribution in [0, 0.1) is 10.5 Å². The van der Waals surface area contributed by atoms with Gasteiger partial charge in [0.15, 0.2) is 5.58 Å². The molecule has 0 fully saturated rings. The number of aromatic nitrogens is 1. The van der Waals surface area contributed by atoms with Crippen molar-refractivity contribution < 1.29 is 9.21 Å². The third-order valence-electron chi connectivity index (χ3n) is 4.11. The highest BCUT2D eigenvalue weighted by molar-refractivity contribution is 14.1. The van der Waals surface area contributed by atoms with Crippen molar-refractivity contribution >= 4 is 61.2 Å². The quantitative estimate of drug-likeness (QED) is 0.310. The van der Waals surface area contributed by atoms with Crippen LogP contribution in [0.1, 0.15) is 15.9 Å². The summed E-state index contributed by atoms with van der Waals surface area (Å²) in [5.74, 6) is 0.402. The predicted octanol–water partition coefficient (Wildman–Crippen LogP) is 6.42. The first kappa shape index (κ1) is 18.2. The van der Waals surface area contributed by atoms with Crippen molar-refractivity contribution in [3.05, 3.63) is 79.8 Å². The van der Waals surface area contributed by atoms with E-state index in [1.165, 1.54) is 0 Å². The third-order valence-corrected chi connectivity index (χ3v) is 5.47. The van der Waals surface area contributed by atoms with Crippen molar-refractivity contribution in [3.63, 3.8) is 0 Å². The second kappa shape index (κ2) is 7.44. The first-order chi connectivity index (χ1) is 13.0. The van der Waals surface area contributed by atoms with E-state index in [-0.39, 0.29) is 5.91 Å². The summed E-state index contributed by atoms with van der Waals surface area (Å²) in [6, 6.07) is 19.0. The number of anilines is 1. The topological polar surface area (TPSA) is 55.1 Å². The lowest BCUT2D eigenvalue weighted by molar-refractivity contribution is 0.102. The number of hydrogen-bond donors (Lipinski definition) is 1. The van der Waals surface area contributed by atoms with E-state index >= 15 is 0 Å². The second-order valence-corrected chi connectivity index (χ2v) is 8.25. The maximum atomic E-state index is 12.5. The zero-order valence-corrected chi connectivity index (χ0v) is 18.0. The summed E-state index contributed by atoms with van der Waals surface area (Å²) in [6.07, 6.45) is 0. The van der Waals surface area contributed by atoms with Crippen LogP contribution in [0.25, 0.3) is 22.6 Å². The number of aryl methyl sites for hydroxylation is 1. The van der Waals surface area contributed by atoms with Gasteiger partial charge in [-0.15, -0.1) is 0 Å². The maximum absolute atomic E-state index is 12.5. The number of fused-ring (bicyclic) bond motifs is 1. The number of amides is 1. The molecule has 4 rings (SSSR count). The highest BCUT2D eigenvalue weighted by Crippen LogP contribution is 2.26. The number of oxazole rings is 1. The van der Waals surface area contributed by atoms with Crippen LogP contribution in [0.2, 0.25) is 0 Å². The van der Waals surface area contributed by atoms with Crippen molar-refractivity contribution in [3.8, 4) is 11.5 Å². The van der Waals surface area contributed by atoms with Gasteiger partial charge in [-0.1, -0.05) is 6.07 Å². The van der Waals surface area contributed by atoms with Crippen LogP contribution in [0.3, 0.4) is 0 Å². The molecule has 134 valence electrons. The van der Waals surface area contributed by atoms with E-state index in [2.05, 4.69) is 48.8 Å². The Labute approximate surface area is 178 Å². The minimum absolute atomic E-state index is 0.162. The molecule has 0 aliphatic rings. The maximum Gasteiger partial charge on any atom is 0.256 e. The summed E-state index contributed by atoms with van der Waals surface area (Å²) in [4.78, 5) is 17.0. The first-order valence-corrected chi connectivity index (χ1v) is 10.1. The molecule has 1 amide bonds. The molecule has 1 N–H and O–H groups in total. The highest BCUT2D eigenvalue weighted by atomic mass is 127. The van der Waals surface area contributed by atoms with Gasteiger partial charge >= 0.3 is 0 Å². The second-order valence-electron chi connectivity index (χ2n) is 6.15. The van der Waals surface area contributed by atoms with Crippen LogP contribution >= 0.6 is 38.5 Å². The zero-order valence-electron chi connectivity index (χ0n) is 14.3. The number of nitrogens with zero attached hydrogens (tertiary/aromatic N) is 1. The molecule has 1 heterocycles. The standard InChI is InChI=1S/C21H14BrIN2O2/c1-12-2-9-18-19(10-12)27-21(25-18)13-3-6-15(7-4-13)24-20(26)16-11-14(23)5-8-17(16)22/h2-11H,1H3,(H,24,26). The molecular formula is C21H14BrIN2O2. The molecule has 4 aromatic rings. The molecule has 3 aromatic carbocycles. The lowest BCUT2D eigenvalue weighted by Gasteiger charge is -2.08. The SMILES string of the molecule is Cc1ccc2nc(-c3ccc(NC(=O)c4cc(I)ccc4Br)cc3)oc2c1. The molecule has 0 aliphatic carbocycles. The molecule has 0 saturated carbocycles. The van der Waals surface area contributed by atoms with Gasteiger partial charge in [0.25, 0.3) is 5.91 Å². The van der Waals surface area contributed by atoms with E-state index in [0.717, 1.165) is 30.3 Å².